The van der Waals surface area contributed by atoms with Crippen molar-refractivity contribution in [2.24, 2.45) is 5.92 Å². The lowest BCUT2D eigenvalue weighted by molar-refractivity contribution is -0.386. The predicted molar refractivity (Wildman–Crippen MR) is 56.3 cm³/mol. The van der Waals surface area contributed by atoms with Gasteiger partial charge in [0.25, 0.3) is 0 Å². The van der Waals surface area contributed by atoms with Crippen LogP contribution in [0.15, 0.2) is 12.1 Å². The fourth-order valence-corrected chi connectivity index (χ4v) is 1.42. The molecule has 0 amide bonds. The quantitative estimate of drug-likeness (QED) is 0.605. The standard InChI is InChI=1S/C10H9ClFNO3/c11-7-3-10(16-5-6-1-2-6)9(13(14)15)4-8(7)12/h3-4,6H,1-2,5H2. The van der Waals surface area contributed by atoms with E-state index in [1.54, 1.807) is 0 Å². The minimum absolute atomic E-state index is 0.0308. The number of hydrogen-bond acceptors (Lipinski definition) is 3. The third-order valence-corrected chi connectivity index (χ3v) is 2.66. The summed E-state index contributed by atoms with van der Waals surface area (Å²) < 4.78 is 18.3. The van der Waals surface area contributed by atoms with Crippen molar-refractivity contribution in [1.29, 1.82) is 0 Å². The summed E-state index contributed by atoms with van der Waals surface area (Å²) in [5, 5.41) is 10.5. The van der Waals surface area contributed by atoms with Crippen LogP contribution >= 0.6 is 11.6 Å². The number of nitro benzene ring substituents is 1. The molecule has 0 N–H and O–H groups in total. The molecule has 2 rings (SSSR count). The molecule has 1 aliphatic carbocycles. The van der Waals surface area contributed by atoms with Crippen LogP contribution < -0.4 is 4.74 Å². The van der Waals surface area contributed by atoms with Gasteiger partial charge in [-0.25, -0.2) is 4.39 Å². The molecule has 86 valence electrons. The van der Waals surface area contributed by atoms with Crippen molar-refractivity contribution >= 4 is 17.3 Å². The van der Waals surface area contributed by atoms with Crippen LogP contribution in [0, 0.1) is 21.8 Å². The molecule has 4 nitrogen and oxygen atoms in total. The van der Waals surface area contributed by atoms with Gasteiger partial charge in [0, 0.05) is 6.07 Å². The van der Waals surface area contributed by atoms with Gasteiger partial charge in [-0.2, -0.15) is 0 Å². The smallest absolute Gasteiger partial charge is 0.313 e. The highest BCUT2D eigenvalue weighted by molar-refractivity contribution is 6.31. The molecule has 0 spiro atoms. The van der Waals surface area contributed by atoms with E-state index < -0.39 is 10.7 Å². The first-order chi connectivity index (χ1) is 7.58. The van der Waals surface area contributed by atoms with Crippen LogP contribution in [0.1, 0.15) is 12.8 Å². The van der Waals surface area contributed by atoms with E-state index in [1.807, 2.05) is 0 Å². The number of benzene rings is 1. The van der Waals surface area contributed by atoms with Crippen LogP contribution in [0.25, 0.3) is 0 Å². The van der Waals surface area contributed by atoms with Gasteiger partial charge in [0.05, 0.1) is 22.6 Å². The van der Waals surface area contributed by atoms with Gasteiger partial charge in [0.2, 0.25) is 0 Å². The Balaban J connectivity index is 2.24. The van der Waals surface area contributed by atoms with Crippen molar-refractivity contribution in [3.05, 3.63) is 33.1 Å². The molecule has 6 heteroatoms. The first-order valence-electron chi connectivity index (χ1n) is 4.84. The molecule has 0 heterocycles. The van der Waals surface area contributed by atoms with Crippen LogP contribution in [0.4, 0.5) is 10.1 Å². The van der Waals surface area contributed by atoms with E-state index in [4.69, 9.17) is 16.3 Å². The van der Waals surface area contributed by atoms with E-state index in [0.717, 1.165) is 25.0 Å². The van der Waals surface area contributed by atoms with Crippen LogP contribution in [0.3, 0.4) is 0 Å². The Morgan fingerprint density at radius 3 is 2.81 bits per heavy atom. The Hall–Kier alpha value is -1.36. The van der Waals surface area contributed by atoms with E-state index in [0.29, 0.717) is 12.5 Å². The number of ether oxygens (including phenoxy) is 1. The van der Waals surface area contributed by atoms with Crippen molar-refractivity contribution in [2.75, 3.05) is 6.61 Å². The van der Waals surface area contributed by atoms with Crippen molar-refractivity contribution in [3.63, 3.8) is 0 Å². The topological polar surface area (TPSA) is 52.4 Å². The van der Waals surface area contributed by atoms with E-state index >= 15 is 0 Å². The maximum absolute atomic E-state index is 13.0. The first kappa shape index (κ1) is 11.1. The third-order valence-electron chi connectivity index (χ3n) is 2.37. The average Bonchev–Trinajstić information content (AvgIpc) is 3.02. The van der Waals surface area contributed by atoms with Crippen LogP contribution in [0.5, 0.6) is 5.75 Å². The SMILES string of the molecule is O=[N+]([O-])c1cc(F)c(Cl)cc1OCC1CC1. The zero-order chi connectivity index (χ0) is 11.7. The van der Waals surface area contributed by atoms with E-state index in [1.165, 1.54) is 0 Å². The highest BCUT2D eigenvalue weighted by Gasteiger charge is 2.25. The molecular formula is C10H9ClFNO3. The lowest BCUT2D eigenvalue weighted by Crippen LogP contribution is -2.02. The maximum Gasteiger partial charge on any atom is 0.313 e. The zero-order valence-corrected chi connectivity index (χ0v) is 9.04. The normalized spacial score (nSPS) is 14.9. The lowest BCUT2D eigenvalue weighted by Gasteiger charge is -2.06. The van der Waals surface area contributed by atoms with Gasteiger partial charge in [-0.15, -0.1) is 0 Å². The second-order valence-corrected chi connectivity index (χ2v) is 4.15. The largest absolute Gasteiger partial charge is 0.486 e. The Morgan fingerprint density at radius 1 is 1.56 bits per heavy atom. The van der Waals surface area contributed by atoms with Crippen LogP contribution in [0.2, 0.25) is 5.02 Å². The van der Waals surface area contributed by atoms with Gasteiger partial charge in [0.1, 0.15) is 5.82 Å². The summed E-state index contributed by atoms with van der Waals surface area (Å²) in [6, 6.07) is 1.93. The summed E-state index contributed by atoms with van der Waals surface area (Å²) in [5.74, 6) is -0.320. The van der Waals surface area contributed by atoms with E-state index in [9.17, 15) is 14.5 Å². The molecule has 1 aromatic carbocycles. The van der Waals surface area contributed by atoms with Crippen LogP contribution in [-0.4, -0.2) is 11.5 Å². The van der Waals surface area contributed by atoms with Crippen LogP contribution in [-0.2, 0) is 0 Å². The zero-order valence-electron chi connectivity index (χ0n) is 8.28. The molecule has 1 aromatic rings. The number of hydrogen-bond donors (Lipinski definition) is 0. The fraction of sp³-hybridized carbons (Fsp3) is 0.400. The summed E-state index contributed by atoms with van der Waals surface area (Å²) in [5.41, 5.74) is -0.387. The van der Waals surface area contributed by atoms with E-state index in [2.05, 4.69) is 0 Å². The van der Waals surface area contributed by atoms with Gasteiger partial charge < -0.3 is 4.74 Å². The second-order valence-electron chi connectivity index (χ2n) is 3.75. The van der Waals surface area contributed by atoms with Crippen molar-refractivity contribution in [3.8, 4) is 5.75 Å². The third kappa shape index (κ3) is 2.41. The molecule has 1 fully saturated rings. The summed E-state index contributed by atoms with van der Waals surface area (Å²) >= 11 is 5.54. The monoisotopic (exact) mass is 245 g/mol. The predicted octanol–water partition coefficient (Wildman–Crippen LogP) is 3.18. The Bertz CT molecular complexity index is 434. The highest BCUT2D eigenvalue weighted by Crippen LogP contribution is 2.35. The van der Waals surface area contributed by atoms with Gasteiger partial charge in [-0.05, 0) is 18.8 Å². The Labute approximate surface area is 96.1 Å². The van der Waals surface area contributed by atoms with Gasteiger partial charge in [-0.3, -0.25) is 10.1 Å². The maximum atomic E-state index is 13.0. The number of halogens is 2. The molecule has 0 aromatic heterocycles. The van der Waals surface area contributed by atoms with E-state index in [-0.39, 0.29) is 16.5 Å². The molecule has 0 unspecified atom stereocenters. The first-order valence-corrected chi connectivity index (χ1v) is 5.22. The Morgan fingerprint density at radius 2 is 2.25 bits per heavy atom. The average molecular weight is 246 g/mol. The molecule has 0 atom stereocenters. The summed E-state index contributed by atoms with van der Waals surface area (Å²) in [6.07, 6.45) is 2.14. The molecule has 0 aliphatic heterocycles. The minimum Gasteiger partial charge on any atom is -0.486 e. The number of rotatable bonds is 4. The fourth-order valence-electron chi connectivity index (χ4n) is 1.27. The van der Waals surface area contributed by atoms with Gasteiger partial charge >= 0.3 is 5.69 Å². The summed E-state index contributed by atoms with van der Waals surface area (Å²) in [4.78, 5) is 9.98. The number of nitro groups is 1. The summed E-state index contributed by atoms with van der Waals surface area (Å²) in [6.45, 7) is 0.419. The van der Waals surface area contributed by atoms with Crippen molar-refractivity contribution in [1.82, 2.24) is 0 Å². The Kier molecular flexibility index (Phi) is 2.96. The minimum atomic E-state index is -0.813. The number of nitrogens with zero attached hydrogens (tertiary/aromatic N) is 1. The van der Waals surface area contributed by atoms with Crippen molar-refractivity contribution < 1.29 is 14.1 Å². The van der Waals surface area contributed by atoms with Gasteiger partial charge in [-0.1, -0.05) is 11.6 Å². The molecule has 0 radical (unpaired) electrons. The highest BCUT2D eigenvalue weighted by atomic mass is 35.5. The molecular weight excluding hydrogens is 237 g/mol. The summed E-state index contributed by atoms with van der Waals surface area (Å²) in [7, 11) is 0. The van der Waals surface area contributed by atoms with Gasteiger partial charge in [0.15, 0.2) is 5.75 Å². The molecule has 0 saturated heterocycles. The second kappa shape index (κ2) is 4.25. The molecule has 1 saturated carbocycles. The van der Waals surface area contributed by atoms with Crippen molar-refractivity contribution in [2.45, 2.75) is 12.8 Å². The molecule has 16 heavy (non-hydrogen) atoms. The molecule has 1 aliphatic rings. The molecule has 0 bridgehead atoms. The lowest BCUT2D eigenvalue weighted by atomic mass is 10.3.